The van der Waals surface area contributed by atoms with Gasteiger partial charge in [-0.05, 0) is 12.5 Å². The summed E-state index contributed by atoms with van der Waals surface area (Å²) in [7, 11) is 0. The van der Waals surface area contributed by atoms with Gasteiger partial charge in [0.25, 0.3) is 0 Å². The zero-order valence-electron chi connectivity index (χ0n) is 10.1. The summed E-state index contributed by atoms with van der Waals surface area (Å²) in [6.07, 6.45) is 2.01. The lowest BCUT2D eigenvalue weighted by Crippen LogP contribution is -2.33. The highest BCUT2D eigenvalue weighted by Crippen LogP contribution is 2.16. The van der Waals surface area contributed by atoms with Crippen molar-refractivity contribution in [2.24, 2.45) is 0 Å². The van der Waals surface area contributed by atoms with Crippen molar-refractivity contribution in [2.75, 3.05) is 6.54 Å². The normalized spacial score (nSPS) is 15.8. The van der Waals surface area contributed by atoms with Gasteiger partial charge in [-0.15, -0.1) is 0 Å². The molecule has 2 aromatic rings. The molecule has 0 aliphatic carbocycles. The Morgan fingerprint density at radius 2 is 2.00 bits per heavy atom. The van der Waals surface area contributed by atoms with Gasteiger partial charge in [0.15, 0.2) is 0 Å². The molecule has 3 nitrogen and oxygen atoms in total. The smallest absolute Gasteiger partial charge is 0.105 e. The van der Waals surface area contributed by atoms with Crippen molar-refractivity contribution < 1.29 is 0 Å². The number of benzene rings is 1. The molecular formula is C14H17N3. The molecular weight excluding hydrogens is 210 g/mol. The van der Waals surface area contributed by atoms with Crippen LogP contribution in [0.4, 0.5) is 0 Å². The molecule has 1 aromatic carbocycles. The lowest BCUT2D eigenvalue weighted by atomic mass is 10.2. The third-order valence-electron chi connectivity index (χ3n) is 3.41. The van der Waals surface area contributed by atoms with E-state index in [-0.39, 0.29) is 0 Å². The van der Waals surface area contributed by atoms with Crippen LogP contribution in [-0.4, -0.2) is 21.0 Å². The van der Waals surface area contributed by atoms with E-state index in [4.69, 9.17) is 0 Å². The average molecular weight is 227 g/mol. The fraction of sp³-hybridized carbons (Fsp3) is 0.357. The third-order valence-corrected chi connectivity index (χ3v) is 3.41. The molecule has 1 aliphatic heterocycles. The van der Waals surface area contributed by atoms with E-state index < -0.39 is 0 Å². The second-order valence-corrected chi connectivity index (χ2v) is 4.64. The van der Waals surface area contributed by atoms with Crippen LogP contribution in [-0.2, 0) is 19.6 Å². The van der Waals surface area contributed by atoms with Gasteiger partial charge in [-0.2, -0.15) is 0 Å². The van der Waals surface area contributed by atoms with Crippen LogP contribution in [0.5, 0.6) is 0 Å². The summed E-state index contributed by atoms with van der Waals surface area (Å²) in [4.78, 5) is 6.85. The number of hydrogen-bond donors (Lipinski definition) is 0. The minimum Gasteiger partial charge on any atom is -0.330 e. The molecule has 0 atom stereocenters. The van der Waals surface area contributed by atoms with Crippen LogP contribution in [0.1, 0.15) is 17.1 Å². The molecule has 1 aliphatic rings. The van der Waals surface area contributed by atoms with Crippen molar-refractivity contribution >= 4 is 0 Å². The summed E-state index contributed by atoms with van der Waals surface area (Å²) < 4.78 is 2.32. The van der Waals surface area contributed by atoms with Crippen LogP contribution in [0.15, 0.2) is 36.5 Å². The molecule has 0 radical (unpaired) electrons. The maximum absolute atomic E-state index is 4.38. The Kier molecular flexibility index (Phi) is 2.69. The second-order valence-electron chi connectivity index (χ2n) is 4.64. The first-order valence-corrected chi connectivity index (χ1v) is 6.10. The van der Waals surface area contributed by atoms with Gasteiger partial charge in [0.1, 0.15) is 5.82 Å². The average Bonchev–Trinajstić information content (AvgIpc) is 2.72. The van der Waals surface area contributed by atoms with E-state index in [1.165, 1.54) is 11.3 Å². The van der Waals surface area contributed by atoms with E-state index in [0.717, 1.165) is 32.0 Å². The number of aryl methyl sites for hydroxylation is 1. The topological polar surface area (TPSA) is 21.1 Å². The Balaban J connectivity index is 1.72. The van der Waals surface area contributed by atoms with Crippen LogP contribution in [0, 0.1) is 6.92 Å². The van der Waals surface area contributed by atoms with Gasteiger partial charge in [0, 0.05) is 32.4 Å². The van der Waals surface area contributed by atoms with Gasteiger partial charge >= 0.3 is 0 Å². The molecule has 17 heavy (non-hydrogen) atoms. The monoisotopic (exact) mass is 227 g/mol. The minimum absolute atomic E-state index is 1.01. The predicted molar refractivity (Wildman–Crippen MR) is 67.5 cm³/mol. The lowest BCUT2D eigenvalue weighted by Gasteiger charge is -2.28. The quantitative estimate of drug-likeness (QED) is 0.784. The van der Waals surface area contributed by atoms with Crippen LogP contribution >= 0.6 is 0 Å². The Morgan fingerprint density at radius 3 is 2.82 bits per heavy atom. The Hall–Kier alpha value is -1.61. The third kappa shape index (κ3) is 2.11. The maximum Gasteiger partial charge on any atom is 0.105 e. The molecule has 0 saturated carbocycles. The summed E-state index contributed by atoms with van der Waals surface area (Å²) in [5, 5.41) is 0. The minimum atomic E-state index is 1.01. The van der Waals surface area contributed by atoms with Crippen molar-refractivity contribution in [3.05, 3.63) is 53.6 Å². The summed E-state index contributed by atoms with van der Waals surface area (Å²) in [5.74, 6) is 1.14. The zero-order chi connectivity index (χ0) is 11.7. The Labute approximate surface area is 102 Å². The molecule has 0 unspecified atom stereocenters. The van der Waals surface area contributed by atoms with Gasteiger partial charge in [-0.3, -0.25) is 4.90 Å². The Morgan fingerprint density at radius 1 is 1.18 bits per heavy atom. The summed E-state index contributed by atoms with van der Waals surface area (Å²) in [6.45, 7) is 6.30. The highest BCUT2D eigenvalue weighted by molar-refractivity contribution is 5.15. The molecule has 0 saturated heterocycles. The molecule has 88 valence electrons. The van der Waals surface area contributed by atoms with Gasteiger partial charge in [-0.1, -0.05) is 30.3 Å². The summed E-state index contributed by atoms with van der Waals surface area (Å²) >= 11 is 0. The standard InChI is InChI=1S/C14H17N3/c1-12-15-9-14-11-16(7-8-17(12)14)10-13-5-3-2-4-6-13/h2-6,9H,7-8,10-11H2,1H3. The summed E-state index contributed by atoms with van der Waals surface area (Å²) in [6, 6.07) is 10.7. The molecule has 0 N–H and O–H groups in total. The molecule has 0 bridgehead atoms. The van der Waals surface area contributed by atoms with Crippen LogP contribution in [0.3, 0.4) is 0 Å². The maximum atomic E-state index is 4.38. The van der Waals surface area contributed by atoms with Crippen LogP contribution < -0.4 is 0 Å². The van der Waals surface area contributed by atoms with Gasteiger partial charge in [0.05, 0.1) is 5.69 Å². The fourth-order valence-electron chi connectivity index (χ4n) is 2.47. The van der Waals surface area contributed by atoms with Gasteiger partial charge in [0.2, 0.25) is 0 Å². The SMILES string of the molecule is Cc1ncc2n1CCN(Cc1ccccc1)C2. The van der Waals surface area contributed by atoms with Crippen molar-refractivity contribution in [2.45, 2.75) is 26.6 Å². The van der Waals surface area contributed by atoms with Crippen molar-refractivity contribution in [3.63, 3.8) is 0 Å². The molecule has 1 aromatic heterocycles. The molecule has 0 amide bonds. The first kappa shape index (κ1) is 10.5. The van der Waals surface area contributed by atoms with E-state index >= 15 is 0 Å². The molecule has 0 spiro atoms. The molecule has 3 heteroatoms. The molecule has 2 heterocycles. The predicted octanol–water partition coefficient (Wildman–Crippen LogP) is 2.21. The van der Waals surface area contributed by atoms with Crippen molar-refractivity contribution in [1.82, 2.24) is 14.5 Å². The largest absolute Gasteiger partial charge is 0.330 e. The second kappa shape index (κ2) is 4.34. The Bertz CT molecular complexity index is 501. The van der Waals surface area contributed by atoms with E-state index in [2.05, 4.69) is 51.7 Å². The number of rotatable bonds is 2. The van der Waals surface area contributed by atoms with E-state index in [9.17, 15) is 0 Å². The fourth-order valence-corrected chi connectivity index (χ4v) is 2.47. The highest BCUT2D eigenvalue weighted by atomic mass is 15.2. The molecule has 3 rings (SSSR count). The number of imidazole rings is 1. The van der Waals surface area contributed by atoms with Gasteiger partial charge in [-0.25, -0.2) is 4.98 Å². The van der Waals surface area contributed by atoms with Gasteiger partial charge < -0.3 is 4.57 Å². The number of hydrogen-bond acceptors (Lipinski definition) is 2. The van der Waals surface area contributed by atoms with E-state index in [1.54, 1.807) is 0 Å². The highest BCUT2D eigenvalue weighted by Gasteiger charge is 2.17. The van der Waals surface area contributed by atoms with Crippen LogP contribution in [0.2, 0.25) is 0 Å². The zero-order valence-corrected chi connectivity index (χ0v) is 10.1. The van der Waals surface area contributed by atoms with Crippen molar-refractivity contribution in [1.29, 1.82) is 0 Å². The van der Waals surface area contributed by atoms with E-state index in [1.807, 2.05) is 6.20 Å². The first-order valence-electron chi connectivity index (χ1n) is 6.10. The number of fused-ring (bicyclic) bond motifs is 1. The summed E-state index contributed by atoms with van der Waals surface area (Å²) in [5.41, 5.74) is 2.72. The first-order chi connectivity index (χ1) is 8.33. The molecule has 0 fully saturated rings. The van der Waals surface area contributed by atoms with Crippen molar-refractivity contribution in [3.8, 4) is 0 Å². The number of nitrogens with zero attached hydrogens (tertiary/aromatic N) is 3. The lowest BCUT2D eigenvalue weighted by molar-refractivity contribution is 0.212. The van der Waals surface area contributed by atoms with Crippen LogP contribution in [0.25, 0.3) is 0 Å². The van der Waals surface area contributed by atoms with E-state index in [0.29, 0.717) is 0 Å². The number of aromatic nitrogens is 2.